The summed E-state index contributed by atoms with van der Waals surface area (Å²) < 4.78 is 10.3. The highest BCUT2D eigenvalue weighted by atomic mass is 35.5. The summed E-state index contributed by atoms with van der Waals surface area (Å²) in [7, 11) is 0. The van der Waals surface area contributed by atoms with Crippen molar-refractivity contribution in [2.24, 2.45) is 0 Å². The molecule has 1 amide bonds. The van der Waals surface area contributed by atoms with Crippen molar-refractivity contribution in [2.45, 2.75) is 20.0 Å². The number of benzene rings is 1. The van der Waals surface area contributed by atoms with Gasteiger partial charge in [-0.05, 0) is 32.0 Å². The Morgan fingerprint density at radius 2 is 2.26 bits per heavy atom. The zero-order valence-electron chi connectivity index (χ0n) is 10.5. The number of hydrogen-bond donors (Lipinski definition) is 1. The number of rotatable bonds is 4. The number of carbonyl (C=O) groups excluding carboxylic acids is 1. The third kappa shape index (κ3) is 3.72. The Morgan fingerprint density at radius 1 is 1.47 bits per heavy atom. The molecule has 1 N–H and O–H groups in total. The van der Waals surface area contributed by atoms with Gasteiger partial charge in [0.2, 0.25) is 0 Å². The molecule has 1 aromatic heterocycles. The van der Waals surface area contributed by atoms with E-state index in [-0.39, 0.29) is 5.91 Å². The van der Waals surface area contributed by atoms with Crippen molar-refractivity contribution in [3.63, 3.8) is 0 Å². The molecule has 0 fully saturated rings. The minimum Gasteiger partial charge on any atom is -0.481 e. The summed E-state index contributed by atoms with van der Waals surface area (Å²) in [5.74, 6) is 1.21. The molecule has 0 spiro atoms. The quantitative estimate of drug-likeness (QED) is 0.935. The van der Waals surface area contributed by atoms with E-state index in [1.807, 2.05) is 0 Å². The molecule has 0 aliphatic rings. The van der Waals surface area contributed by atoms with Gasteiger partial charge in [-0.3, -0.25) is 4.79 Å². The van der Waals surface area contributed by atoms with E-state index in [9.17, 15) is 4.79 Å². The fourth-order valence-electron chi connectivity index (χ4n) is 1.45. The van der Waals surface area contributed by atoms with Crippen LogP contribution in [0.4, 0.5) is 5.82 Å². The van der Waals surface area contributed by atoms with Crippen molar-refractivity contribution in [3.8, 4) is 5.75 Å². The van der Waals surface area contributed by atoms with Crippen LogP contribution in [0.2, 0.25) is 5.02 Å². The number of nitrogens with one attached hydrogen (secondary N) is 1. The minimum absolute atomic E-state index is 0.312. The van der Waals surface area contributed by atoms with Crippen LogP contribution in [0.1, 0.15) is 12.7 Å². The number of carbonyl (C=O) groups is 1. The van der Waals surface area contributed by atoms with Gasteiger partial charge in [-0.25, -0.2) is 0 Å². The number of halogens is 1. The number of aryl methyl sites for hydroxylation is 1. The van der Waals surface area contributed by atoms with E-state index >= 15 is 0 Å². The Morgan fingerprint density at radius 3 is 2.89 bits per heavy atom. The normalized spacial score (nSPS) is 11.9. The molecule has 6 heteroatoms. The summed E-state index contributed by atoms with van der Waals surface area (Å²) in [6, 6.07) is 8.49. The van der Waals surface area contributed by atoms with Gasteiger partial charge < -0.3 is 14.6 Å². The Kier molecular flexibility index (Phi) is 4.06. The third-order valence-corrected chi connectivity index (χ3v) is 2.59. The van der Waals surface area contributed by atoms with E-state index in [0.717, 1.165) is 0 Å². The fourth-order valence-corrected chi connectivity index (χ4v) is 1.63. The Labute approximate surface area is 115 Å². The number of hydrogen-bond acceptors (Lipinski definition) is 4. The van der Waals surface area contributed by atoms with Crippen LogP contribution in [-0.4, -0.2) is 17.2 Å². The Balaban J connectivity index is 1.96. The average Bonchev–Trinajstić information content (AvgIpc) is 2.74. The van der Waals surface area contributed by atoms with Crippen molar-refractivity contribution in [2.75, 3.05) is 5.32 Å². The predicted molar refractivity (Wildman–Crippen MR) is 71.4 cm³/mol. The topological polar surface area (TPSA) is 64.4 Å². The van der Waals surface area contributed by atoms with Gasteiger partial charge in [0.15, 0.2) is 11.9 Å². The molecule has 2 rings (SSSR count). The lowest BCUT2D eigenvalue weighted by atomic mass is 10.3. The number of anilines is 1. The van der Waals surface area contributed by atoms with Gasteiger partial charge in [-0.2, -0.15) is 0 Å². The van der Waals surface area contributed by atoms with E-state index < -0.39 is 6.10 Å². The number of nitrogens with zero attached hydrogens (tertiary/aromatic N) is 1. The molecule has 0 aliphatic heterocycles. The molecule has 19 heavy (non-hydrogen) atoms. The molecule has 100 valence electrons. The molecular formula is C13H13ClN2O3. The van der Waals surface area contributed by atoms with Crippen LogP contribution < -0.4 is 10.1 Å². The Bertz CT molecular complexity index is 583. The van der Waals surface area contributed by atoms with Gasteiger partial charge in [0.25, 0.3) is 5.91 Å². The average molecular weight is 281 g/mol. The fraction of sp³-hybridized carbons (Fsp3) is 0.231. The highest BCUT2D eigenvalue weighted by Crippen LogP contribution is 2.18. The number of ether oxygens (including phenoxy) is 1. The predicted octanol–water partition coefficient (Wildman–Crippen LogP) is 3.04. The second kappa shape index (κ2) is 5.75. The molecule has 0 saturated carbocycles. The second-order valence-corrected chi connectivity index (χ2v) is 4.47. The molecule has 1 aromatic carbocycles. The van der Waals surface area contributed by atoms with Gasteiger partial charge in [0, 0.05) is 11.1 Å². The molecule has 1 atom stereocenters. The van der Waals surface area contributed by atoms with Crippen molar-refractivity contribution in [1.29, 1.82) is 0 Å². The van der Waals surface area contributed by atoms with Crippen LogP contribution in [0, 0.1) is 6.92 Å². The summed E-state index contributed by atoms with van der Waals surface area (Å²) in [5, 5.41) is 6.82. The summed E-state index contributed by atoms with van der Waals surface area (Å²) in [6.07, 6.45) is -0.671. The van der Waals surface area contributed by atoms with Gasteiger partial charge in [0.05, 0.1) is 0 Å². The van der Waals surface area contributed by atoms with Crippen molar-refractivity contribution < 1.29 is 14.1 Å². The van der Waals surface area contributed by atoms with Crippen LogP contribution in [-0.2, 0) is 4.79 Å². The SMILES string of the molecule is Cc1cc(NC(=O)[C@@H](C)Oc2cccc(Cl)c2)no1. The van der Waals surface area contributed by atoms with E-state index in [1.54, 1.807) is 44.2 Å². The van der Waals surface area contributed by atoms with Crippen LogP contribution >= 0.6 is 11.6 Å². The molecule has 2 aromatic rings. The zero-order valence-corrected chi connectivity index (χ0v) is 11.3. The molecule has 5 nitrogen and oxygen atoms in total. The van der Waals surface area contributed by atoms with Crippen molar-refractivity contribution in [1.82, 2.24) is 5.16 Å². The molecule has 0 bridgehead atoms. The lowest BCUT2D eigenvalue weighted by molar-refractivity contribution is -0.122. The lowest BCUT2D eigenvalue weighted by Gasteiger charge is -2.13. The monoisotopic (exact) mass is 280 g/mol. The first-order chi connectivity index (χ1) is 9.04. The Hall–Kier alpha value is -2.01. The summed E-state index contributed by atoms with van der Waals surface area (Å²) >= 11 is 5.84. The maximum atomic E-state index is 11.9. The molecule has 0 saturated heterocycles. The summed E-state index contributed by atoms with van der Waals surface area (Å²) in [4.78, 5) is 11.9. The zero-order chi connectivity index (χ0) is 13.8. The molecule has 0 radical (unpaired) electrons. The van der Waals surface area contributed by atoms with Gasteiger partial charge in [-0.15, -0.1) is 0 Å². The molecule has 0 aliphatic carbocycles. The van der Waals surface area contributed by atoms with E-state index in [4.69, 9.17) is 20.9 Å². The first-order valence-corrected chi connectivity index (χ1v) is 6.09. The van der Waals surface area contributed by atoms with E-state index in [1.165, 1.54) is 0 Å². The smallest absolute Gasteiger partial charge is 0.266 e. The van der Waals surface area contributed by atoms with Gasteiger partial charge in [0.1, 0.15) is 11.5 Å². The summed E-state index contributed by atoms with van der Waals surface area (Å²) in [6.45, 7) is 3.39. The van der Waals surface area contributed by atoms with Crippen molar-refractivity contribution >= 4 is 23.3 Å². The minimum atomic E-state index is -0.671. The number of aromatic nitrogens is 1. The second-order valence-electron chi connectivity index (χ2n) is 4.03. The van der Waals surface area contributed by atoms with E-state index in [2.05, 4.69) is 10.5 Å². The van der Waals surface area contributed by atoms with Crippen LogP contribution in [0.5, 0.6) is 5.75 Å². The maximum Gasteiger partial charge on any atom is 0.266 e. The largest absolute Gasteiger partial charge is 0.481 e. The first kappa shape index (κ1) is 13.4. The van der Waals surface area contributed by atoms with Crippen molar-refractivity contribution in [3.05, 3.63) is 41.1 Å². The first-order valence-electron chi connectivity index (χ1n) is 5.71. The van der Waals surface area contributed by atoms with Gasteiger partial charge in [-0.1, -0.05) is 22.8 Å². The standard InChI is InChI=1S/C13H13ClN2O3/c1-8-6-12(16-19-8)15-13(17)9(2)18-11-5-3-4-10(14)7-11/h3-7,9H,1-2H3,(H,15,16,17)/t9-/m1/s1. The molecule has 0 unspecified atom stereocenters. The van der Waals surface area contributed by atoms with Crippen LogP contribution in [0.15, 0.2) is 34.9 Å². The maximum absolute atomic E-state index is 11.9. The molecule has 1 heterocycles. The van der Waals surface area contributed by atoms with Gasteiger partial charge >= 0.3 is 0 Å². The highest BCUT2D eigenvalue weighted by molar-refractivity contribution is 6.30. The lowest BCUT2D eigenvalue weighted by Crippen LogP contribution is -2.30. The van der Waals surface area contributed by atoms with Crippen LogP contribution in [0.25, 0.3) is 0 Å². The highest BCUT2D eigenvalue weighted by Gasteiger charge is 2.16. The summed E-state index contributed by atoms with van der Waals surface area (Å²) in [5.41, 5.74) is 0. The third-order valence-electron chi connectivity index (χ3n) is 2.36. The number of amides is 1. The molecular weight excluding hydrogens is 268 g/mol. The van der Waals surface area contributed by atoms with E-state index in [0.29, 0.717) is 22.4 Å². The van der Waals surface area contributed by atoms with Crippen LogP contribution in [0.3, 0.4) is 0 Å².